The van der Waals surface area contributed by atoms with Crippen LogP contribution in [0.25, 0.3) is 10.9 Å². The molecule has 0 unspecified atom stereocenters. The van der Waals surface area contributed by atoms with Crippen LogP contribution in [0.4, 0.5) is 0 Å². The van der Waals surface area contributed by atoms with Crippen LogP contribution in [0.5, 0.6) is 5.75 Å². The Bertz CT molecular complexity index is 469. The highest BCUT2D eigenvalue weighted by Crippen LogP contribution is 2.28. The van der Waals surface area contributed by atoms with Crippen molar-refractivity contribution in [2.24, 2.45) is 0 Å². The second kappa shape index (κ2) is 5.32. The molecule has 0 fully saturated rings. The monoisotopic (exact) mass is 238 g/mol. The zero-order valence-corrected chi connectivity index (χ0v) is 9.23. The van der Waals surface area contributed by atoms with Gasteiger partial charge in [0.1, 0.15) is 5.52 Å². The minimum atomic E-state index is -0.833. The van der Waals surface area contributed by atoms with Gasteiger partial charge in [-0.3, -0.25) is 14.9 Å². The average molecular weight is 239 g/mol. The number of fused-ring (bicyclic) bond motifs is 1. The van der Waals surface area contributed by atoms with E-state index in [0.29, 0.717) is 15.9 Å². The zero-order valence-electron chi connectivity index (χ0n) is 8.48. The third-order valence-corrected chi connectivity index (χ3v) is 2.01. The summed E-state index contributed by atoms with van der Waals surface area (Å²) in [7, 11) is 0. The van der Waals surface area contributed by atoms with Crippen molar-refractivity contribution in [3.63, 3.8) is 0 Å². The number of pyridine rings is 1. The van der Waals surface area contributed by atoms with E-state index < -0.39 is 5.97 Å². The number of benzene rings is 1. The normalized spacial score (nSPS) is 9.38. The second-order valence-electron chi connectivity index (χ2n) is 2.96. The molecule has 0 saturated heterocycles. The fourth-order valence-electron chi connectivity index (χ4n) is 1.11. The van der Waals surface area contributed by atoms with Crippen molar-refractivity contribution in [2.75, 3.05) is 0 Å². The van der Waals surface area contributed by atoms with Gasteiger partial charge in [-0.1, -0.05) is 11.6 Å². The fraction of sp³-hybridized carbons (Fsp3) is 0.0909. The van der Waals surface area contributed by atoms with Crippen LogP contribution < -0.4 is 0 Å². The van der Waals surface area contributed by atoms with Gasteiger partial charge in [0.15, 0.2) is 0 Å². The van der Waals surface area contributed by atoms with Crippen LogP contribution in [0.15, 0.2) is 30.5 Å². The third-order valence-electron chi connectivity index (χ3n) is 1.68. The fourth-order valence-corrected chi connectivity index (χ4v) is 1.33. The summed E-state index contributed by atoms with van der Waals surface area (Å²) in [5.74, 6) is -0.921. The molecule has 0 aliphatic rings. The average Bonchev–Trinajstić information content (AvgIpc) is 2.23. The van der Waals surface area contributed by atoms with Gasteiger partial charge in [-0.2, -0.15) is 0 Å². The maximum atomic E-state index is 11.2. The molecule has 0 aliphatic heterocycles. The van der Waals surface area contributed by atoms with Gasteiger partial charge in [0, 0.05) is 18.5 Å². The van der Waals surface area contributed by atoms with E-state index in [1.165, 1.54) is 6.07 Å². The molecule has 1 radical (unpaired) electrons. The van der Waals surface area contributed by atoms with Gasteiger partial charge in [-0.15, -0.1) is 0 Å². The van der Waals surface area contributed by atoms with Crippen molar-refractivity contribution >= 4 is 28.5 Å². The van der Waals surface area contributed by atoms with Crippen LogP contribution in [0, 0.1) is 0 Å². The van der Waals surface area contributed by atoms with E-state index in [9.17, 15) is 5.11 Å². The Hall–Kier alpha value is -1.81. The van der Waals surface area contributed by atoms with Crippen molar-refractivity contribution in [3.8, 4) is 5.75 Å². The van der Waals surface area contributed by atoms with E-state index in [1.54, 1.807) is 24.4 Å². The quantitative estimate of drug-likeness (QED) is 0.767. The molecule has 0 spiro atoms. The molecule has 1 aromatic heterocycles. The Morgan fingerprint density at radius 1 is 1.38 bits per heavy atom. The molecule has 83 valence electrons. The van der Waals surface area contributed by atoms with Gasteiger partial charge in [-0.25, -0.2) is 0 Å². The second-order valence-corrected chi connectivity index (χ2v) is 3.37. The van der Waals surface area contributed by atoms with Crippen molar-refractivity contribution in [2.45, 2.75) is 6.92 Å². The summed E-state index contributed by atoms with van der Waals surface area (Å²) in [6.07, 6.45) is 1.58. The minimum Gasteiger partial charge on any atom is -0.481 e. The molecule has 4 nitrogen and oxygen atoms in total. The van der Waals surface area contributed by atoms with Crippen molar-refractivity contribution in [1.82, 2.24) is 4.98 Å². The number of hydrogen-bond acceptors (Lipinski definition) is 2. The van der Waals surface area contributed by atoms with E-state index in [-0.39, 0.29) is 5.75 Å². The standard InChI is InChI=1S/C9H5ClNO.C2H4O2/c10-7-3-4-8(12)9-6(7)2-1-5-11-9;1-2(3)4/h1-5H;1H3,(H,3,4). The van der Waals surface area contributed by atoms with Crippen molar-refractivity contribution in [3.05, 3.63) is 35.5 Å². The lowest BCUT2D eigenvalue weighted by molar-refractivity contribution is -0.134. The van der Waals surface area contributed by atoms with Gasteiger partial charge in [0.05, 0.1) is 5.02 Å². The molecule has 16 heavy (non-hydrogen) atoms. The number of carboxylic acids is 1. The van der Waals surface area contributed by atoms with Crippen LogP contribution in [-0.2, 0) is 9.90 Å². The first-order chi connectivity index (χ1) is 7.52. The smallest absolute Gasteiger partial charge is 0.300 e. The molecule has 0 bridgehead atoms. The lowest BCUT2D eigenvalue weighted by atomic mass is 10.2. The van der Waals surface area contributed by atoms with Crippen LogP contribution in [-0.4, -0.2) is 16.1 Å². The summed E-state index contributed by atoms with van der Waals surface area (Å²) < 4.78 is 0. The van der Waals surface area contributed by atoms with Crippen LogP contribution >= 0.6 is 11.6 Å². The predicted molar refractivity (Wildman–Crippen MR) is 60.2 cm³/mol. The molecule has 1 aromatic carbocycles. The number of halogens is 1. The Balaban J connectivity index is 0.000000280. The summed E-state index contributed by atoms with van der Waals surface area (Å²) in [6, 6.07) is 6.56. The highest BCUT2D eigenvalue weighted by atomic mass is 35.5. The molecule has 0 aliphatic carbocycles. The first-order valence-corrected chi connectivity index (χ1v) is 4.80. The molecule has 1 heterocycles. The van der Waals surface area contributed by atoms with Gasteiger partial charge >= 0.3 is 0 Å². The number of carboxylic acid groups (broad SMARTS) is 1. The highest BCUT2D eigenvalue weighted by molar-refractivity contribution is 6.35. The number of nitrogens with zero attached hydrogens (tertiary/aromatic N) is 1. The first-order valence-electron chi connectivity index (χ1n) is 4.42. The lowest BCUT2D eigenvalue weighted by Crippen LogP contribution is -1.78. The number of aromatic nitrogens is 1. The maximum Gasteiger partial charge on any atom is 0.300 e. The zero-order chi connectivity index (χ0) is 12.1. The molecule has 5 heteroatoms. The van der Waals surface area contributed by atoms with E-state index >= 15 is 0 Å². The van der Waals surface area contributed by atoms with E-state index in [2.05, 4.69) is 4.98 Å². The summed E-state index contributed by atoms with van der Waals surface area (Å²) in [6.45, 7) is 1.08. The van der Waals surface area contributed by atoms with Crippen LogP contribution in [0.3, 0.4) is 0 Å². The van der Waals surface area contributed by atoms with Crippen LogP contribution in [0.1, 0.15) is 6.92 Å². The molecule has 0 saturated carbocycles. The molecule has 0 amide bonds. The number of carbonyl (C=O) groups is 1. The summed E-state index contributed by atoms with van der Waals surface area (Å²) >= 11 is 5.85. The highest BCUT2D eigenvalue weighted by Gasteiger charge is 2.04. The molecular weight excluding hydrogens is 230 g/mol. The number of hydrogen-bond donors (Lipinski definition) is 1. The minimum absolute atomic E-state index is 0.0880. The van der Waals surface area contributed by atoms with Crippen LogP contribution in [0.2, 0.25) is 5.02 Å². The molecule has 2 aromatic rings. The van der Waals surface area contributed by atoms with E-state index in [4.69, 9.17) is 21.5 Å². The number of rotatable bonds is 0. The topological polar surface area (TPSA) is 70.1 Å². The third kappa shape index (κ3) is 3.10. The van der Waals surface area contributed by atoms with Gasteiger partial charge in [0.25, 0.3) is 5.97 Å². The molecule has 0 atom stereocenters. The largest absolute Gasteiger partial charge is 0.481 e. The maximum absolute atomic E-state index is 11.2. The predicted octanol–water partition coefficient (Wildman–Crippen LogP) is 3.12. The van der Waals surface area contributed by atoms with E-state index in [1.807, 2.05) is 0 Å². The number of aliphatic carboxylic acids is 1. The van der Waals surface area contributed by atoms with Gasteiger partial charge < -0.3 is 5.11 Å². The van der Waals surface area contributed by atoms with Gasteiger partial charge in [-0.05, 0) is 24.3 Å². The van der Waals surface area contributed by atoms with E-state index in [0.717, 1.165) is 6.92 Å². The Labute approximate surface area is 97.1 Å². The summed E-state index contributed by atoms with van der Waals surface area (Å²) in [5.41, 5.74) is 0.435. The summed E-state index contributed by atoms with van der Waals surface area (Å²) in [5, 5.41) is 19.9. The molecule has 2 rings (SSSR count). The Kier molecular flexibility index (Phi) is 4.08. The Morgan fingerprint density at radius 3 is 2.56 bits per heavy atom. The van der Waals surface area contributed by atoms with Gasteiger partial charge in [0.2, 0.25) is 5.75 Å². The van der Waals surface area contributed by atoms with Crippen molar-refractivity contribution < 1.29 is 15.0 Å². The molecular formula is C11H9ClNO3. The molecule has 1 N–H and O–H groups in total. The lowest BCUT2D eigenvalue weighted by Gasteiger charge is -1.98. The SMILES string of the molecule is CC(=O)O.[O]c1ccc(Cl)c2cccnc12. The first kappa shape index (κ1) is 12.3. The summed E-state index contributed by atoms with van der Waals surface area (Å²) in [4.78, 5) is 12.9. The Morgan fingerprint density at radius 2 is 2.00 bits per heavy atom. The van der Waals surface area contributed by atoms with Crippen molar-refractivity contribution in [1.29, 1.82) is 0 Å².